The minimum absolute atomic E-state index is 0.196. The number of hydrogen-bond donors (Lipinski definition) is 1. The Labute approximate surface area is 115 Å². The van der Waals surface area contributed by atoms with Gasteiger partial charge in [0.15, 0.2) is 11.6 Å². The molecule has 2 rings (SSSR count). The number of halogens is 2. The van der Waals surface area contributed by atoms with Gasteiger partial charge < -0.3 is 5.32 Å². The normalized spacial score (nSPS) is 18.1. The Hall–Kier alpha value is -1.14. The molecule has 0 radical (unpaired) electrons. The summed E-state index contributed by atoms with van der Waals surface area (Å²) < 4.78 is 25.8. The van der Waals surface area contributed by atoms with Gasteiger partial charge in [-0.2, -0.15) is 11.8 Å². The van der Waals surface area contributed by atoms with Crippen molar-refractivity contribution in [3.8, 4) is 0 Å². The Morgan fingerprint density at radius 3 is 2.63 bits per heavy atom. The predicted octanol–water partition coefficient (Wildman–Crippen LogP) is 2.34. The highest BCUT2D eigenvalue weighted by Crippen LogP contribution is 2.16. The second-order valence-corrected chi connectivity index (χ2v) is 5.67. The van der Waals surface area contributed by atoms with Crippen LogP contribution >= 0.6 is 11.8 Å². The molecule has 3 nitrogen and oxygen atoms in total. The van der Waals surface area contributed by atoms with Crippen LogP contribution in [-0.4, -0.2) is 41.4 Å². The van der Waals surface area contributed by atoms with Crippen LogP contribution in [-0.2, 0) is 4.79 Å². The summed E-state index contributed by atoms with van der Waals surface area (Å²) in [5.41, 5.74) is 0.280. The SMILES string of the molecule is CC(C(=O)Nc1ccc(F)c(F)c1)N1CCSCC1. The fraction of sp³-hybridized carbons (Fsp3) is 0.462. The molecule has 1 aliphatic heterocycles. The van der Waals surface area contributed by atoms with Crippen molar-refractivity contribution < 1.29 is 13.6 Å². The Bertz CT molecular complexity index is 464. The first-order valence-electron chi connectivity index (χ1n) is 6.15. The van der Waals surface area contributed by atoms with Gasteiger partial charge in [0, 0.05) is 36.3 Å². The lowest BCUT2D eigenvalue weighted by Crippen LogP contribution is -2.46. The number of amides is 1. The molecular formula is C13H16F2N2OS. The zero-order chi connectivity index (χ0) is 13.8. The van der Waals surface area contributed by atoms with Crippen LogP contribution < -0.4 is 5.32 Å². The zero-order valence-electron chi connectivity index (χ0n) is 10.7. The van der Waals surface area contributed by atoms with E-state index < -0.39 is 11.6 Å². The molecule has 1 unspecified atom stereocenters. The summed E-state index contributed by atoms with van der Waals surface area (Å²) >= 11 is 1.87. The molecule has 0 aliphatic carbocycles. The third-order valence-corrected chi connectivity index (χ3v) is 4.10. The molecule has 1 aromatic rings. The lowest BCUT2D eigenvalue weighted by atomic mass is 10.2. The molecule has 1 aliphatic rings. The second-order valence-electron chi connectivity index (χ2n) is 4.44. The molecule has 19 heavy (non-hydrogen) atoms. The van der Waals surface area contributed by atoms with Crippen molar-refractivity contribution in [1.82, 2.24) is 4.90 Å². The number of thioether (sulfide) groups is 1. The second kappa shape index (κ2) is 6.34. The van der Waals surface area contributed by atoms with E-state index in [2.05, 4.69) is 10.2 Å². The topological polar surface area (TPSA) is 32.3 Å². The number of nitrogens with one attached hydrogen (secondary N) is 1. The van der Waals surface area contributed by atoms with Gasteiger partial charge in [0.1, 0.15) is 0 Å². The molecule has 104 valence electrons. The van der Waals surface area contributed by atoms with Crippen molar-refractivity contribution in [3.05, 3.63) is 29.8 Å². The summed E-state index contributed by atoms with van der Waals surface area (Å²) in [5, 5.41) is 2.61. The Balaban J connectivity index is 1.97. The minimum Gasteiger partial charge on any atom is -0.325 e. The van der Waals surface area contributed by atoms with E-state index in [0.29, 0.717) is 0 Å². The smallest absolute Gasteiger partial charge is 0.241 e. The fourth-order valence-electron chi connectivity index (χ4n) is 1.95. The number of benzene rings is 1. The Morgan fingerprint density at radius 2 is 2.00 bits per heavy atom. The number of carbonyl (C=O) groups is 1. The van der Waals surface area contributed by atoms with Gasteiger partial charge in [-0.05, 0) is 19.1 Å². The monoisotopic (exact) mass is 286 g/mol. The number of rotatable bonds is 3. The lowest BCUT2D eigenvalue weighted by molar-refractivity contribution is -0.120. The maximum Gasteiger partial charge on any atom is 0.241 e. The largest absolute Gasteiger partial charge is 0.325 e. The van der Waals surface area contributed by atoms with Crippen molar-refractivity contribution in [2.24, 2.45) is 0 Å². The number of anilines is 1. The Morgan fingerprint density at radius 1 is 1.32 bits per heavy atom. The van der Waals surface area contributed by atoms with Crippen molar-refractivity contribution in [2.75, 3.05) is 29.9 Å². The van der Waals surface area contributed by atoms with Crippen molar-refractivity contribution in [1.29, 1.82) is 0 Å². The lowest BCUT2D eigenvalue weighted by Gasteiger charge is -2.31. The van der Waals surface area contributed by atoms with E-state index in [1.165, 1.54) is 6.07 Å². The van der Waals surface area contributed by atoms with Crippen LogP contribution in [0.15, 0.2) is 18.2 Å². The number of hydrogen-bond acceptors (Lipinski definition) is 3. The summed E-state index contributed by atoms with van der Waals surface area (Å²) in [5.74, 6) is -0.0390. The van der Waals surface area contributed by atoms with E-state index in [1.807, 2.05) is 18.7 Å². The van der Waals surface area contributed by atoms with E-state index in [1.54, 1.807) is 0 Å². The van der Waals surface area contributed by atoms with Gasteiger partial charge >= 0.3 is 0 Å². The highest BCUT2D eigenvalue weighted by Gasteiger charge is 2.23. The van der Waals surface area contributed by atoms with Crippen LogP contribution in [0.25, 0.3) is 0 Å². The molecule has 1 amide bonds. The van der Waals surface area contributed by atoms with E-state index in [4.69, 9.17) is 0 Å². The molecule has 1 atom stereocenters. The van der Waals surface area contributed by atoms with E-state index >= 15 is 0 Å². The third-order valence-electron chi connectivity index (χ3n) is 3.16. The first-order chi connectivity index (χ1) is 9.08. The first kappa shape index (κ1) is 14.3. The van der Waals surface area contributed by atoms with E-state index in [-0.39, 0.29) is 17.6 Å². The molecule has 1 aromatic carbocycles. The van der Waals surface area contributed by atoms with Crippen LogP contribution in [0.5, 0.6) is 0 Å². The van der Waals surface area contributed by atoms with Gasteiger partial charge in [-0.15, -0.1) is 0 Å². The fourth-order valence-corrected chi connectivity index (χ4v) is 2.88. The molecule has 1 heterocycles. The maximum absolute atomic E-state index is 13.0. The van der Waals surface area contributed by atoms with Gasteiger partial charge in [-0.25, -0.2) is 8.78 Å². The summed E-state index contributed by atoms with van der Waals surface area (Å²) in [7, 11) is 0. The van der Waals surface area contributed by atoms with E-state index in [9.17, 15) is 13.6 Å². The summed E-state index contributed by atoms with van der Waals surface area (Å²) in [6, 6.07) is 3.09. The summed E-state index contributed by atoms with van der Waals surface area (Å²) in [6.45, 7) is 3.57. The molecule has 1 N–H and O–H groups in total. The van der Waals surface area contributed by atoms with Crippen LogP contribution in [0, 0.1) is 11.6 Å². The van der Waals surface area contributed by atoms with Gasteiger partial charge in [0.25, 0.3) is 0 Å². The summed E-state index contributed by atoms with van der Waals surface area (Å²) in [6.07, 6.45) is 0. The highest BCUT2D eigenvalue weighted by atomic mass is 32.2. The minimum atomic E-state index is -0.958. The molecule has 6 heteroatoms. The first-order valence-corrected chi connectivity index (χ1v) is 7.31. The number of carbonyl (C=O) groups excluding carboxylic acids is 1. The van der Waals surface area contributed by atoms with Gasteiger partial charge in [0.2, 0.25) is 5.91 Å². The maximum atomic E-state index is 13.0. The van der Waals surface area contributed by atoms with E-state index in [0.717, 1.165) is 36.7 Å². The highest BCUT2D eigenvalue weighted by molar-refractivity contribution is 7.99. The zero-order valence-corrected chi connectivity index (χ0v) is 11.5. The molecule has 1 saturated heterocycles. The molecule has 1 fully saturated rings. The van der Waals surface area contributed by atoms with Crippen LogP contribution in [0.1, 0.15) is 6.92 Å². The summed E-state index contributed by atoms with van der Waals surface area (Å²) in [4.78, 5) is 14.1. The van der Waals surface area contributed by atoms with Crippen molar-refractivity contribution in [2.45, 2.75) is 13.0 Å². The quantitative estimate of drug-likeness (QED) is 0.925. The van der Waals surface area contributed by atoms with Crippen LogP contribution in [0.4, 0.5) is 14.5 Å². The van der Waals surface area contributed by atoms with Crippen molar-refractivity contribution in [3.63, 3.8) is 0 Å². The number of nitrogens with zero attached hydrogens (tertiary/aromatic N) is 1. The average molecular weight is 286 g/mol. The van der Waals surface area contributed by atoms with Crippen molar-refractivity contribution >= 4 is 23.4 Å². The molecule has 0 spiro atoms. The standard InChI is InChI=1S/C13H16F2N2OS/c1-9(17-4-6-19-7-5-17)13(18)16-10-2-3-11(14)12(15)8-10/h2-3,8-9H,4-7H2,1H3,(H,16,18). The van der Waals surface area contributed by atoms with Crippen LogP contribution in [0.2, 0.25) is 0 Å². The predicted molar refractivity (Wildman–Crippen MR) is 73.3 cm³/mol. The van der Waals surface area contributed by atoms with Gasteiger partial charge in [-0.1, -0.05) is 0 Å². The van der Waals surface area contributed by atoms with Gasteiger partial charge in [0.05, 0.1) is 6.04 Å². The van der Waals surface area contributed by atoms with Crippen LogP contribution in [0.3, 0.4) is 0 Å². The molecule has 0 saturated carbocycles. The van der Waals surface area contributed by atoms with Gasteiger partial charge in [-0.3, -0.25) is 9.69 Å². The Kier molecular flexibility index (Phi) is 4.76. The molecule has 0 aromatic heterocycles. The third kappa shape index (κ3) is 3.67. The molecule has 0 bridgehead atoms. The molecular weight excluding hydrogens is 270 g/mol. The average Bonchev–Trinajstić information content (AvgIpc) is 2.43.